The molecule has 0 aromatic rings. The van der Waals surface area contributed by atoms with Gasteiger partial charge in [-0.3, -0.25) is 4.79 Å². The maximum absolute atomic E-state index is 13.5. The molecule has 17 unspecified atom stereocenters. The van der Waals surface area contributed by atoms with Crippen LogP contribution in [0.1, 0.15) is 444 Å². The zero-order valence-electron chi connectivity index (χ0n) is 70.8. The Bertz CT molecular complexity index is 1980. The number of unbranched alkanes of at least 4 members (excludes halogenated alkanes) is 63. The van der Waals surface area contributed by atoms with Crippen LogP contribution in [0.25, 0.3) is 0 Å². The fraction of sp³-hybridized carbons (Fsp3) is 0.989. The van der Waals surface area contributed by atoms with Crippen LogP contribution in [-0.4, -0.2) is 193 Å². The molecule has 0 spiro atoms. The van der Waals surface area contributed by atoms with Crippen molar-refractivity contribution in [2.75, 3.05) is 26.4 Å². The number of hydrogen-bond acceptors (Lipinski definition) is 18. The highest BCUT2D eigenvalue weighted by molar-refractivity contribution is 5.76. The summed E-state index contributed by atoms with van der Waals surface area (Å²) in [5.41, 5.74) is 0. The lowest BCUT2D eigenvalue weighted by Crippen LogP contribution is -2.66. The molecule has 12 N–H and O–H groups in total. The summed E-state index contributed by atoms with van der Waals surface area (Å²) < 4.78 is 34.6. The summed E-state index contributed by atoms with van der Waals surface area (Å²) in [4.78, 5) is 13.5. The molecule has 0 bridgehead atoms. The van der Waals surface area contributed by atoms with Gasteiger partial charge in [0.25, 0.3) is 0 Å². The molecule has 3 aliphatic heterocycles. The van der Waals surface area contributed by atoms with E-state index in [9.17, 15) is 61.0 Å². The first-order valence-electron chi connectivity index (χ1n) is 47.3. The number of carbonyl (C=O) groups is 1. The molecule has 3 rings (SSSR count). The van der Waals surface area contributed by atoms with Crippen molar-refractivity contribution in [1.82, 2.24) is 5.32 Å². The van der Waals surface area contributed by atoms with Crippen LogP contribution in [0.5, 0.6) is 0 Å². The fourth-order valence-corrected chi connectivity index (χ4v) is 16.7. The molecule has 17 atom stereocenters. The molecular formula is C91H177NO18. The van der Waals surface area contributed by atoms with Crippen LogP contribution in [0.2, 0.25) is 0 Å². The molecule has 19 heteroatoms. The molecule has 3 fully saturated rings. The predicted octanol–water partition coefficient (Wildman–Crippen LogP) is 18.5. The van der Waals surface area contributed by atoms with E-state index in [1.807, 2.05) is 0 Å². The van der Waals surface area contributed by atoms with Crippen molar-refractivity contribution in [3.63, 3.8) is 0 Å². The largest absolute Gasteiger partial charge is 0.394 e. The topological polar surface area (TPSA) is 307 Å². The van der Waals surface area contributed by atoms with Gasteiger partial charge in [0.2, 0.25) is 5.91 Å². The molecule has 0 radical (unpaired) electrons. The fourth-order valence-electron chi connectivity index (χ4n) is 16.7. The van der Waals surface area contributed by atoms with Crippen LogP contribution in [-0.2, 0) is 33.2 Å². The van der Waals surface area contributed by atoms with Gasteiger partial charge in [-0.15, -0.1) is 0 Å². The standard InChI is InChI=1S/C91H177NO18/c1-3-5-7-9-11-13-15-17-19-21-23-25-27-29-30-31-32-33-34-35-36-37-38-39-40-41-42-43-44-45-47-49-51-53-55-57-59-61-63-65-67-69-79(97)92-74(75(96)68-66-64-62-60-58-56-54-52-50-48-46-28-26-24-22-20-18-16-14-12-10-8-6-4-2)73-105-89-85(103)82(100)87(77(71-94)107-89)110-91-86(104)83(101)88(78(72-95)108-91)109-90-84(102)81(99)80(98)76(70-93)106-90/h74-78,80-91,93-96,98-104H,3-73H2,1-2H3,(H,92,97). The minimum Gasteiger partial charge on any atom is -0.394 e. The highest BCUT2D eigenvalue weighted by atomic mass is 16.8. The molecule has 110 heavy (non-hydrogen) atoms. The van der Waals surface area contributed by atoms with Gasteiger partial charge < -0.3 is 89.9 Å². The van der Waals surface area contributed by atoms with E-state index < -0.39 is 124 Å². The van der Waals surface area contributed by atoms with E-state index in [0.29, 0.717) is 12.8 Å². The normalized spacial score (nSPS) is 25.0. The summed E-state index contributed by atoms with van der Waals surface area (Å²) in [6.45, 7) is 1.89. The summed E-state index contributed by atoms with van der Waals surface area (Å²) in [7, 11) is 0. The lowest BCUT2D eigenvalue weighted by Gasteiger charge is -2.48. The van der Waals surface area contributed by atoms with Gasteiger partial charge in [0, 0.05) is 6.42 Å². The quantitative estimate of drug-likeness (QED) is 0.0252. The van der Waals surface area contributed by atoms with Gasteiger partial charge in [-0.1, -0.05) is 425 Å². The second-order valence-electron chi connectivity index (χ2n) is 34.2. The summed E-state index contributed by atoms with van der Waals surface area (Å²) in [6, 6.07) is -0.884. The first-order chi connectivity index (χ1) is 53.8. The minimum atomic E-state index is -1.97. The van der Waals surface area contributed by atoms with E-state index in [2.05, 4.69) is 19.2 Å². The van der Waals surface area contributed by atoms with E-state index >= 15 is 0 Å². The van der Waals surface area contributed by atoms with E-state index in [0.717, 1.165) is 44.9 Å². The van der Waals surface area contributed by atoms with E-state index in [1.165, 1.54) is 366 Å². The molecule has 0 aromatic heterocycles. The van der Waals surface area contributed by atoms with Crippen molar-refractivity contribution in [2.45, 2.75) is 548 Å². The number of rotatable bonds is 79. The Kier molecular flexibility index (Phi) is 67.3. The number of nitrogens with one attached hydrogen (secondary N) is 1. The average molecular weight is 1570 g/mol. The third-order valence-corrected chi connectivity index (χ3v) is 24.2. The van der Waals surface area contributed by atoms with Gasteiger partial charge in [-0.05, 0) is 12.8 Å². The number of aliphatic hydroxyl groups is 11. The minimum absolute atomic E-state index is 0.230. The van der Waals surface area contributed by atoms with E-state index in [1.54, 1.807) is 0 Å². The van der Waals surface area contributed by atoms with Gasteiger partial charge in [0.15, 0.2) is 18.9 Å². The summed E-state index contributed by atoms with van der Waals surface area (Å²) in [6.07, 6.45) is 61.0. The second-order valence-corrected chi connectivity index (χ2v) is 34.2. The number of aliphatic hydroxyl groups excluding tert-OH is 11. The third-order valence-electron chi connectivity index (χ3n) is 24.2. The zero-order valence-corrected chi connectivity index (χ0v) is 70.8. The maximum atomic E-state index is 13.5. The van der Waals surface area contributed by atoms with Gasteiger partial charge >= 0.3 is 0 Å². The molecule has 0 aromatic carbocycles. The number of hydrogen-bond donors (Lipinski definition) is 12. The Morgan fingerprint density at radius 1 is 0.291 bits per heavy atom. The van der Waals surface area contributed by atoms with Gasteiger partial charge in [0.1, 0.15) is 73.2 Å². The highest BCUT2D eigenvalue weighted by Crippen LogP contribution is 2.34. The summed E-state index contributed by atoms with van der Waals surface area (Å²) in [5.74, 6) is -0.230. The van der Waals surface area contributed by atoms with Crippen molar-refractivity contribution < 1.29 is 89.4 Å². The lowest BCUT2D eigenvalue weighted by atomic mass is 9.96. The molecule has 3 aliphatic rings. The Morgan fingerprint density at radius 2 is 0.518 bits per heavy atom. The first-order valence-corrected chi connectivity index (χ1v) is 47.3. The van der Waals surface area contributed by atoms with Gasteiger partial charge in [-0.2, -0.15) is 0 Å². The van der Waals surface area contributed by atoms with Crippen molar-refractivity contribution >= 4 is 5.91 Å². The van der Waals surface area contributed by atoms with E-state index in [4.69, 9.17) is 28.4 Å². The molecule has 3 heterocycles. The van der Waals surface area contributed by atoms with Gasteiger partial charge in [0.05, 0.1) is 38.6 Å². The Hall–Kier alpha value is -1.21. The van der Waals surface area contributed by atoms with Crippen LogP contribution >= 0.6 is 0 Å². The van der Waals surface area contributed by atoms with Crippen LogP contribution in [0.3, 0.4) is 0 Å². The maximum Gasteiger partial charge on any atom is 0.220 e. The molecular weight excluding hydrogens is 1390 g/mol. The van der Waals surface area contributed by atoms with Crippen molar-refractivity contribution in [1.29, 1.82) is 0 Å². The predicted molar refractivity (Wildman–Crippen MR) is 444 cm³/mol. The van der Waals surface area contributed by atoms with Crippen molar-refractivity contribution in [3.05, 3.63) is 0 Å². The molecule has 654 valence electrons. The van der Waals surface area contributed by atoms with Crippen LogP contribution < -0.4 is 5.32 Å². The molecule has 0 saturated carbocycles. The Morgan fingerprint density at radius 3 is 0.791 bits per heavy atom. The number of ether oxygens (including phenoxy) is 6. The molecule has 19 nitrogen and oxygen atoms in total. The Balaban J connectivity index is 1.27. The van der Waals surface area contributed by atoms with Crippen LogP contribution in [0, 0.1) is 0 Å². The highest BCUT2D eigenvalue weighted by Gasteiger charge is 2.54. The van der Waals surface area contributed by atoms with Crippen LogP contribution in [0.4, 0.5) is 0 Å². The zero-order chi connectivity index (χ0) is 79.5. The molecule has 3 saturated heterocycles. The lowest BCUT2D eigenvalue weighted by molar-refractivity contribution is -0.379. The second kappa shape index (κ2) is 71.9. The smallest absolute Gasteiger partial charge is 0.220 e. The van der Waals surface area contributed by atoms with Crippen molar-refractivity contribution in [3.8, 4) is 0 Å². The third kappa shape index (κ3) is 49.9. The average Bonchev–Trinajstić information content (AvgIpc) is 0.782. The van der Waals surface area contributed by atoms with Crippen LogP contribution in [0.15, 0.2) is 0 Å². The number of carbonyl (C=O) groups excluding carboxylic acids is 1. The molecule has 0 aliphatic carbocycles. The SMILES string of the molecule is CCCCCCCCCCCCCCCCCCCCCCCCCCCCCCCCCCCCCCCCCCCC(=O)NC(COC1OC(CO)C(OC2OC(CO)C(OC3OC(CO)C(O)C(O)C3O)C(O)C2O)C(O)C1O)C(O)CCCCCCCCCCCCCCCCCCCCCCCCCC. The number of amides is 1. The Labute approximate surface area is 672 Å². The summed E-state index contributed by atoms with van der Waals surface area (Å²) in [5, 5.41) is 121. The van der Waals surface area contributed by atoms with Crippen molar-refractivity contribution in [2.24, 2.45) is 0 Å². The molecule has 1 amide bonds. The van der Waals surface area contributed by atoms with Gasteiger partial charge in [-0.25, -0.2) is 0 Å². The summed E-state index contributed by atoms with van der Waals surface area (Å²) >= 11 is 0. The first kappa shape index (κ1) is 103. The monoisotopic (exact) mass is 1570 g/mol. The van der Waals surface area contributed by atoms with E-state index in [-0.39, 0.29) is 18.9 Å².